The summed E-state index contributed by atoms with van der Waals surface area (Å²) in [6.07, 6.45) is 1.43. The van der Waals surface area contributed by atoms with Crippen molar-refractivity contribution in [1.29, 1.82) is 0 Å². The summed E-state index contributed by atoms with van der Waals surface area (Å²) in [5.74, 6) is -1.08. The lowest BCUT2D eigenvalue weighted by Crippen LogP contribution is -2.41. The molecule has 0 bridgehead atoms. The summed E-state index contributed by atoms with van der Waals surface area (Å²) in [6.45, 7) is 0.595. The third-order valence-electron chi connectivity index (χ3n) is 3.22. The van der Waals surface area contributed by atoms with Gasteiger partial charge in [-0.2, -0.15) is 0 Å². The molecule has 0 saturated carbocycles. The minimum atomic E-state index is -0.640. The van der Waals surface area contributed by atoms with Crippen molar-refractivity contribution in [3.05, 3.63) is 22.7 Å². The van der Waals surface area contributed by atoms with Crippen LogP contribution in [0.1, 0.15) is 23.2 Å². The van der Waals surface area contributed by atoms with Gasteiger partial charge in [-0.15, -0.1) is 0 Å². The van der Waals surface area contributed by atoms with Gasteiger partial charge in [0.05, 0.1) is 16.3 Å². The van der Waals surface area contributed by atoms with Crippen LogP contribution in [-0.4, -0.2) is 24.4 Å². The Morgan fingerprint density at radius 3 is 2.58 bits per heavy atom. The number of hydrogen-bond donors (Lipinski definition) is 3. The van der Waals surface area contributed by atoms with Gasteiger partial charge in [-0.3, -0.25) is 9.59 Å². The van der Waals surface area contributed by atoms with Crippen molar-refractivity contribution in [2.24, 2.45) is 11.5 Å². The molecular formula is C12H15ClN4O2. The Hall–Kier alpha value is -1.95. The first-order valence-corrected chi connectivity index (χ1v) is 6.24. The molecule has 1 aromatic rings. The van der Waals surface area contributed by atoms with Crippen molar-refractivity contribution < 1.29 is 9.59 Å². The smallest absolute Gasteiger partial charge is 0.250 e. The third-order valence-corrected chi connectivity index (χ3v) is 3.51. The number of halogens is 1. The molecule has 1 aliphatic rings. The molecule has 0 radical (unpaired) electrons. The molecule has 2 rings (SSSR count). The Balaban J connectivity index is 2.55. The van der Waals surface area contributed by atoms with Gasteiger partial charge in [0.2, 0.25) is 5.91 Å². The highest BCUT2D eigenvalue weighted by atomic mass is 35.5. The summed E-state index contributed by atoms with van der Waals surface area (Å²) < 4.78 is 0. The van der Waals surface area contributed by atoms with E-state index in [0.717, 1.165) is 6.42 Å². The number of nitrogens with two attached hydrogens (primary N) is 3. The Morgan fingerprint density at radius 2 is 2.00 bits per heavy atom. The summed E-state index contributed by atoms with van der Waals surface area (Å²) >= 11 is 6.15. The highest BCUT2D eigenvalue weighted by Crippen LogP contribution is 2.36. The second-order valence-electron chi connectivity index (χ2n) is 4.52. The molecule has 6 N–H and O–H groups in total. The van der Waals surface area contributed by atoms with Crippen LogP contribution in [0.25, 0.3) is 0 Å². The monoisotopic (exact) mass is 282 g/mol. The first kappa shape index (κ1) is 13.5. The number of carbonyl (C=O) groups is 2. The van der Waals surface area contributed by atoms with Gasteiger partial charge in [0.1, 0.15) is 6.04 Å². The van der Waals surface area contributed by atoms with Gasteiger partial charge < -0.3 is 22.1 Å². The Labute approximate surface area is 115 Å². The highest BCUT2D eigenvalue weighted by Gasteiger charge is 2.32. The van der Waals surface area contributed by atoms with E-state index < -0.39 is 17.9 Å². The zero-order valence-corrected chi connectivity index (χ0v) is 11.0. The van der Waals surface area contributed by atoms with E-state index in [1.54, 1.807) is 4.90 Å². The number of nitrogens with zero attached hydrogens (tertiary/aromatic N) is 1. The predicted molar refractivity (Wildman–Crippen MR) is 73.9 cm³/mol. The van der Waals surface area contributed by atoms with E-state index >= 15 is 0 Å². The van der Waals surface area contributed by atoms with Crippen LogP contribution in [0.15, 0.2) is 12.1 Å². The zero-order valence-electron chi connectivity index (χ0n) is 10.2. The number of hydrogen-bond acceptors (Lipinski definition) is 4. The van der Waals surface area contributed by atoms with Gasteiger partial charge >= 0.3 is 0 Å². The normalized spacial score (nSPS) is 18.6. The van der Waals surface area contributed by atoms with E-state index in [4.69, 9.17) is 28.8 Å². The van der Waals surface area contributed by atoms with Crippen molar-refractivity contribution in [2.75, 3.05) is 17.2 Å². The summed E-state index contributed by atoms with van der Waals surface area (Å²) in [7, 11) is 0. The van der Waals surface area contributed by atoms with Crippen LogP contribution >= 0.6 is 11.6 Å². The van der Waals surface area contributed by atoms with Gasteiger partial charge in [0.25, 0.3) is 5.91 Å². The molecule has 1 saturated heterocycles. The fourth-order valence-corrected chi connectivity index (χ4v) is 2.77. The first-order valence-electron chi connectivity index (χ1n) is 5.86. The predicted octanol–water partition coefficient (Wildman–Crippen LogP) is 0.475. The van der Waals surface area contributed by atoms with Crippen molar-refractivity contribution in [1.82, 2.24) is 0 Å². The number of carbonyl (C=O) groups excluding carboxylic acids is 2. The summed E-state index contributed by atoms with van der Waals surface area (Å²) in [5.41, 5.74) is 17.4. The lowest BCUT2D eigenvalue weighted by Gasteiger charge is -2.27. The average molecular weight is 283 g/mol. The standard InChI is InChI=1S/C12H15ClN4O2/c13-8-5-6(14)4-7(11(15)18)10(8)17-3-1-2-9(17)12(16)19/h4-5,9H,1-3,14H2,(H2,15,18)(H2,16,19). The van der Waals surface area contributed by atoms with Crippen molar-refractivity contribution >= 4 is 34.8 Å². The van der Waals surface area contributed by atoms with Crippen molar-refractivity contribution in [3.63, 3.8) is 0 Å². The van der Waals surface area contributed by atoms with Crippen molar-refractivity contribution in [2.45, 2.75) is 18.9 Å². The number of benzene rings is 1. The van der Waals surface area contributed by atoms with Crippen LogP contribution in [0.3, 0.4) is 0 Å². The lowest BCUT2D eigenvalue weighted by molar-refractivity contribution is -0.119. The number of rotatable bonds is 3. The molecule has 1 heterocycles. The maximum atomic E-state index is 11.5. The molecular weight excluding hydrogens is 268 g/mol. The van der Waals surface area contributed by atoms with Gasteiger partial charge in [0.15, 0.2) is 0 Å². The number of amides is 2. The number of anilines is 2. The third kappa shape index (κ3) is 2.44. The van der Waals surface area contributed by atoms with Crippen LogP contribution in [0.5, 0.6) is 0 Å². The topological polar surface area (TPSA) is 115 Å². The molecule has 1 aliphatic heterocycles. The maximum Gasteiger partial charge on any atom is 0.250 e. The van der Waals surface area contributed by atoms with Gasteiger partial charge in [-0.05, 0) is 25.0 Å². The van der Waals surface area contributed by atoms with Crippen LogP contribution in [-0.2, 0) is 4.79 Å². The molecule has 19 heavy (non-hydrogen) atoms. The van der Waals surface area contributed by atoms with Crippen LogP contribution in [0.2, 0.25) is 5.02 Å². The molecule has 2 amide bonds. The van der Waals surface area contributed by atoms with E-state index in [2.05, 4.69) is 0 Å². The molecule has 1 fully saturated rings. The summed E-state index contributed by atoms with van der Waals surface area (Å²) in [4.78, 5) is 24.7. The molecule has 0 aromatic heterocycles. The molecule has 1 atom stereocenters. The van der Waals surface area contributed by atoms with Gasteiger partial charge in [0, 0.05) is 12.2 Å². The fraction of sp³-hybridized carbons (Fsp3) is 0.333. The highest BCUT2D eigenvalue weighted by molar-refractivity contribution is 6.34. The lowest BCUT2D eigenvalue weighted by atomic mass is 10.1. The summed E-state index contributed by atoms with van der Waals surface area (Å²) in [6, 6.07) is 2.51. The molecule has 6 nitrogen and oxygen atoms in total. The second kappa shape index (κ2) is 4.97. The van der Waals surface area contributed by atoms with Gasteiger partial charge in [-0.25, -0.2) is 0 Å². The van der Waals surface area contributed by atoms with E-state index in [1.165, 1.54) is 12.1 Å². The SMILES string of the molecule is NC(=O)c1cc(N)cc(Cl)c1N1CCCC1C(N)=O. The number of nitrogen functional groups attached to an aromatic ring is 1. The molecule has 0 aliphatic carbocycles. The van der Waals surface area contributed by atoms with Crippen molar-refractivity contribution in [3.8, 4) is 0 Å². The van der Waals surface area contributed by atoms with Crippen LogP contribution in [0.4, 0.5) is 11.4 Å². The number of primary amides is 2. The zero-order chi connectivity index (χ0) is 14.2. The summed E-state index contributed by atoms with van der Waals surface area (Å²) in [5, 5.41) is 0.293. The minimum absolute atomic E-state index is 0.207. The molecule has 1 aromatic carbocycles. The van der Waals surface area contributed by atoms with E-state index in [0.29, 0.717) is 29.4 Å². The maximum absolute atomic E-state index is 11.5. The Kier molecular flexibility index (Phi) is 3.53. The molecule has 1 unspecified atom stereocenters. The molecule has 0 spiro atoms. The molecule has 7 heteroatoms. The van der Waals surface area contributed by atoms with E-state index in [9.17, 15) is 9.59 Å². The largest absolute Gasteiger partial charge is 0.399 e. The van der Waals surface area contributed by atoms with E-state index in [-0.39, 0.29) is 5.56 Å². The van der Waals surface area contributed by atoms with Crippen LogP contribution in [0, 0.1) is 0 Å². The Bertz CT molecular complexity index is 547. The fourth-order valence-electron chi connectivity index (χ4n) is 2.43. The van der Waals surface area contributed by atoms with Gasteiger partial charge in [-0.1, -0.05) is 11.6 Å². The second-order valence-corrected chi connectivity index (χ2v) is 4.92. The quantitative estimate of drug-likeness (QED) is 0.699. The minimum Gasteiger partial charge on any atom is -0.399 e. The van der Waals surface area contributed by atoms with E-state index in [1.807, 2.05) is 0 Å². The average Bonchev–Trinajstić information content (AvgIpc) is 2.76. The molecule has 102 valence electrons. The first-order chi connectivity index (χ1) is 8.91. The Morgan fingerprint density at radius 1 is 1.32 bits per heavy atom. The van der Waals surface area contributed by atoms with Crippen LogP contribution < -0.4 is 22.1 Å².